The number of allylic oxidation sites excluding steroid dienone is 9. The second-order valence-corrected chi connectivity index (χ2v) is 18.9. The molecule has 0 fully saturated rings. The summed E-state index contributed by atoms with van der Waals surface area (Å²) in [6.45, 7) is 4.21. The highest BCUT2D eigenvalue weighted by Gasteiger charge is 2.27. The van der Waals surface area contributed by atoms with E-state index < -0.39 is 32.5 Å². The summed E-state index contributed by atoms with van der Waals surface area (Å²) in [4.78, 5) is 35.4. The molecular weight excluding hydrogens is 786 g/mol. The van der Waals surface area contributed by atoms with Crippen LogP contribution in [-0.4, -0.2) is 74.9 Å². The quantitative estimate of drug-likeness (QED) is 0.0212. The maximum atomic E-state index is 12.6. The van der Waals surface area contributed by atoms with Crippen LogP contribution in [0.3, 0.4) is 0 Å². The molecule has 0 aromatic heterocycles. The molecule has 2 unspecified atom stereocenters. The zero-order valence-corrected chi connectivity index (χ0v) is 40.8. The predicted molar refractivity (Wildman–Crippen MR) is 256 cm³/mol. The summed E-state index contributed by atoms with van der Waals surface area (Å²) < 4.78 is 34.2. The zero-order chi connectivity index (χ0) is 45.0. The lowest BCUT2D eigenvalue weighted by Gasteiger charge is -2.24. The number of hydrogen-bond donors (Lipinski definition) is 1. The largest absolute Gasteiger partial charge is 0.472 e. The average Bonchev–Trinajstić information content (AvgIpc) is 3.21. The van der Waals surface area contributed by atoms with E-state index in [-0.39, 0.29) is 26.1 Å². The molecule has 0 saturated heterocycles. The van der Waals surface area contributed by atoms with Crippen molar-refractivity contribution in [2.24, 2.45) is 0 Å². The van der Waals surface area contributed by atoms with Gasteiger partial charge < -0.3 is 18.9 Å². The Kier molecular flexibility index (Phi) is 41.4. The van der Waals surface area contributed by atoms with E-state index >= 15 is 0 Å². The van der Waals surface area contributed by atoms with Crippen molar-refractivity contribution in [2.45, 2.75) is 206 Å². The van der Waals surface area contributed by atoms with Gasteiger partial charge >= 0.3 is 19.8 Å². The molecule has 0 rings (SSSR count). The van der Waals surface area contributed by atoms with Gasteiger partial charge in [0.25, 0.3) is 0 Å². The molecule has 0 radical (unpaired) electrons. The smallest absolute Gasteiger partial charge is 0.462 e. The minimum atomic E-state index is -4.40. The molecule has 0 aromatic carbocycles. The van der Waals surface area contributed by atoms with Crippen LogP contribution in [0.15, 0.2) is 60.8 Å². The van der Waals surface area contributed by atoms with Crippen molar-refractivity contribution in [3.05, 3.63) is 60.8 Å². The van der Waals surface area contributed by atoms with Gasteiger partial charge in [-0.2, -0.15) is 0 Å². The fourth-order valence-electron chi connectivity index (χ4n) is 6.56. The lowest BCUT2D eigenvalue weighted by atomic mass is 10.0. The van der Waals surface area contributed by atoms with Crippen molar-refractivity contribution in [1.82, 2.24) is 0 Å². The van der Waals surface area contributed by atoms with Crippen LogP contribution in [0, 0.1) is 0 Å². The molecule has 0 aliphatic rings. The monoisotopic (exact) mass is 879 g/mol. The fourth-order valence-corrected chi connectivity index (χ4v) is 7.30. The lowest BCUT2D eigenvalue weighted by molar-refractivity contribution is -0.870. The Morgan fingerprint density at radius 3 is 1.33 bits per heavy atom. The molecule has 0 amide bonds. The number of phosphoric acid groups is 1. The molecule has 61 heavy (non-hydrogen) atoms. The van der Waals surface area contributed by atoms with Crippen LogP contribution in [-0.2, 0) is 32.7 Å². The van der Waals surface area contributed by atoms with Crippen LogP contribution in [0.4, 0.5) is 0 Å². The zero-order valence-electron chi connectivity index (χ0n) is 39.9. The number of carbonyl (C=O) groups is 2. The van der Waals surface area contributed by atoms with Crippen molar-refractivity contribution >= 4 is 19.8 Å². The van der Waals surface area contributed by atoms with Crippen molar-refractivity contribution in [3.8, 4) is 0 Å². The molecule has 0 saturated carbocycles. The summed E-state index contributed by atoms with van der Waals surface area (Å²) in [6.07, 6.45) is 53.2. The first-order chi connectivity index (χ1) is 29.5. The highest BCUT2D eigenvalue weighted by atomic mass is 31.2. The third kappa shape index (κ3) is 47.0. The number of ether oxygens (including phenoxy) is 2. The first-order valence-electron chi connectivity index (χ1n) is 24.5. The van der Waals surface area contributed by atoms with Gasteiger partial charge in [-0.15, -0.1) is 0 Å². The van der Waals surface area contributed by atoms with Crippen LogP contribution in [0.2, 0.25) is 0 Å². The summed E-state index contributed by atoms with van der Waals surface area (Å²) in [5, 5.41) is 0. The number of rotatable bonds is 44. The average molecular weight is 879 g/mol. The van der Waals surface area contributed by atoms with Crippen LogP contribution < -0.4 is 0 Å². The maximum absolute atomic E-state index is 12.6. The molecular formula is C51H93NO8P+. The summed E-state index contributed by atoms with van der Waals surface area (Å²) in [6, 6.07) is 0. The Labute approximate surface area is 375 Å². The predicted octanol–water partition coefficient (Wildman–Crippen LogP) is 14.4. The van der Waals surface area contributed by atoms with Gasteiger partial charge in [0.1, 0.15) is 19.8 Å². The highest BCUT2D eigenvalue weighted by molar-refractivity contribution is 7.47. The molecule has 0 heterocycles. The van der Waals surface area contributed by atoms with Crippen LogP contribution >= 0.6 is 7.82 Å². The van der Waals surface area contributed by atoms with Crippen molar-refractivity contribution in [1.29, 1.82) is 0 Å². The van der Waals surface area contributed by atoms with E-state index in [0.717, 1.165) is 44.9 Å². The number of esters is 2. The standard InChI is InChI=1S/C51H92NO8P/c1-6-8-10-12-14-16-18-20-22-23-24-25-26-27-28-30-31-33-35-37-39-41-43-50(53)57-47-49(48-59-61(55,56)58-46-45-52(3,4)5)60-51(54)44-42-40-38-36-34-32-29-21-19-17-15-13-11-9-7-2/h9,11,15,17,21,29,34,36,40,42,49H,6-8,10,12-14,16,18-20,22-28,30-33,35,37-39,41,43-48H2,1-5H3/p+1/b11-9-,17-15-,29-21-,36-34-,42-40-. The maximum Gasteiger partial charge on any atom is 0.472 e. The summed E-state index contributed by atoms with van der Waals surface area (Å²) >= 11 is 0. The Morgan fingerprint density at radius 2 is 0.918 bits per heavy atom. The van der Waals surface area contributed by atoms with Crippen LogP contribution in [0.25, 0.3) is 0 Å². The van der Waals surface area contributed by atoms with E-state index in [1.54, 1.807) is 6.08 Å². The summed E-state index contributed by atoms with van der Waals surface area (Å²) in [5.41, 5.74) is 0. The van der Waals surface area contributed by atoms with E-state index in [4.69, 9.17) is 18.5 Å². The molecule has 0 aliphatic carbocycles. The topological polar surface area (TPSA) is 108 Å². The lowest BCUT2D eigenvalue weighted by Crippen LogP contribution is -2.37. The molecule has 354 valence electrons. The third-order valence-electron chi connectivity index (χ3n) is 10.3. The molecule has 9 nitrogen and oxygen atoms in total. The van der Waals surface area contributed by atoms with Gasteiger partial charge in [0.2, 0.25) is 0 Å². The van der Waals surface area contributed by atoms with E-state index in [1.165, 1.54) is 122 Å². The van der Waals surface area contributed by atoms with Crippen LogP contribution in [0.5, 0.6) is 0 Å². The Bertz CT molecular complexity index is 1220. The summed E-state index contributed by atoms with van der Waals surface area (Å²) in [5.74, 6) is -0.942. The number of likely N-dealkylation sites (N-methyl/N-ethyl adjacent to an activating group) is 1. The van der Waals surface area contributed by atoms with Crippen molar-refractivity contribution < 1.29 is 42.1 Å². The van der Waals surface area contributed by atoms with E-state index in [0.29, 0.717) is 17.4 Å². The fraction of sp³-hybridized carbons (Fsp3) is 0.765. The highest BCUT2D eigenvalue weighted by Crippen LogP contribution is 2.43. The molecule has 1 N–H and O–H groups in total. The molecule has 0 spiro atoms. The number of phosphoric ester groups is 1. The van der Waals surface area contributed by atoms with Gasteiger partial charge in [-0.1, -0.05) is 209 Å². The van der Waals surface area contributed by atoms with Crippen LogP contribution in [0.1, 0.15) is 200 Å². The SMILES string of the molecule is CC/C=C\C/C=C\C/C=C\C/C=C\C/C=C\CC(=O)OC(COC(=O)CCCCCCCCCCCCCCCCCCCCCCCC)COP(=O)(O)OCC[N+](C)(C)C. The van der Waals surface area contributed by atoms with E-state index in [2.05, 4.69) is 56.4 Å². The third-order valence-corrected chi connectivity index (χ3v) is 11.3. The van der Waals surface area contributed by atoms with Gasteiger partial charge in [0.15, 0.2) is 6.10 Å². The number of quaternary nitrogens is 1. The molecule has 0 bridgehead atoms. The second kappa shape index (κ2) is 43.0. The Balaban J connectivity index is 4.31. The minimum absolute atomic E-state index is 0.00816. The Morgan fingerprint density at radius 1 is 0.525 bits per heavy atom. The second-order valence-electron chi connectivity index (χ2n) is 17.5. The van der Waals surface area contributed by atoms with Gasteiger partial charge in [0, 0.05) is 6.42 Å². The molecule has 0 aromatic rings. The van der Waals surface area contributed by atoms with Gasteiger partial charge in [-0.25, -0.2) is 4.57 Å². The summed E-state index contributed by atoms with van der Waals surface area (Å²) in [7, 11) is 1.42. The number of nitrogens with zero attached hydrogens (tertiary/aromatic N) is 1. The van der Waals surface area contributed by atoms with Crippen molar-refractivity contribution in [2.75, 3.05) is 47.5 Å². The molecule has 0 aliphatic heterocycles. The minimum Gasteiger partial charge on any atom is -0.462 e. The first-order valence-corrected chi connectivity index (χ1v) is 26.0. The van der Waals surface area contributed by atoms with E-state index in [9.17, 15) is 19.0 Å². The number of carbonyl (C=O) groups excluding carboxylic acids is 2. The number of unbranched alkanes of at least 4 members (excludes halogenated alkanes) is 21. The van der Waals surface area contributed by atoms with Crippen molar-refractivity contribution in [3.63, 3.8) is 0 Å². The molecule has 2 atom stereocenters. The molecule has 10 heteroatoms. The Hall–Kier alpha value is -2.29. The number of hydrogen-bond acceptors (Lipinski definition) is 7. The van der Waals surface area contributed by atoms with Gasteiger partial charge in [-0.05, 0) is 38.5 Å². The normalized spacial score (nSPS) is 14.0. The van der Waals surface area contributed by atoms with Gasteiger partial charge in [0.05, 0.1) is 34.2 Å². The van der Waals surface area contributed by atoms with Gasteiger partial charge in [-0.3, -0.25) is 18.6 Å². The van der Waals surface area contributed by atoms with E-state index in [1.807, 2.05) is 33.3 Å². The first kappa shape index (κ1) is 58.7.